The summed E-state index contributed by atoms with van der Waals surface area (Å²) in [6.07, 6.45) is 41.4. The summed E-state index contributed by atoms with van der Waals surface area (Å²) in [6.45, 7) is 27.1. The molecule has 0 amide bonds. The first kappa shape index (κ1) is 44.9. The first-order valence-corrected chi connectivity index (χ1v) is 27.8. The number of fused-ring (bicyclic) bond motifs is 8. The third-order valence-corrected chi connectivity index (χ3v) is 31.8. The van der Waals surface area contributed by atoms with Gasteiger partial charge in [0.25, 0.3) is 0 Å². The third-order valence-electron chi connectivity index (χ3n) is 22.2. The molecule has 10 aliphatic carbocycles. The second-order valence-corrected chi connectivity index (χ2v) is 29.3. The average Bonchev–Trinajstić information content (AvgIpc) is 3.70. The zero-order valence-electron chi connectivity index (χ0n) is 39.1. The maximum Gasteiger partial charge on any atom is -1.00 e. The van der Waals surface area contributed by atoms with E-state index >= 15 is 0 Å². The quantitative estimate of drug-likeness (QED) is 0.281. The summed E-state index contributed by atoms with van der Waals surface area (Å²) >= 11 is -3.18. The summed E-state index contributed by atoms with van der Waals surface area (Å²) in [5.74, 6) is 4.48. The van der Waals surface area contributed by atoms with Crippen molar-refractivity contribution in [2.24, 2.45) is 78.8 Å². The minimum absolute atomic E-state index is 0. The molecule has 10 atom stereocenters. The van der Waals surface area contributed by atoms with E-state index in [0.29, 0.717) is 20.9 Å². The van der Waals surface area contributed by atoms with Gasteiger partial charge in [0.05, 0.1) is 0 Å². The van der Waals surface area contributed by atoms with Gasteiger partial charge in [0.1, 0.15) is 0 Å². The minimum atomic E-state index is -3.18. The fraction of sp³-hybridized carbons (Fsp3) is 0.508. The maximum atomic E-state index is 2.95. The Morgan fingerprint density at radius 2 is 1.08 bits per heavy atom. The largest absolute Gasteiger partial charge is 1.00 e. The van der Waals surface area contributed by atoms with Gasteiger partial charge in [-0.05, 0) is 0 Å². The summed E-state index contributed by atoms with van der Waals surface area (Å²) in [6, 6.07) is 23.7. The van der Waals surface area contributed by atoms with Crippen molar-refractivity contribution in [2.45, 2.75) is 105 Å². The fourth-order valence-corrected chi connectivity index (χ4v) is 30.1. The molecule has 0 radical (unpaired) electrons. The number of hydrogen-bond acceptors (Lipinski definition) is 0. The molecule has 2 aromatic carbocycles. The molecule has 0 nitrogen and oxygen atoms in total. The Kier molecular flexibility index (Phi) is 10.6. The SMILES string of the molecule is CC1=CC=CC2[CH]([Zr+2]([C]3=CC(C4(C)C5CC6CC(C5)CC4C6)=CC3C)=[C](c3ccccc3)c3ccccc3)C3(C)C4(C)C=CC=CC4(C)C4(C)C=CC=CC4(C)C3(C)C12C.[Cl-].[Cl-]. The summed E-state index contributed by atoms with van der Waals surface area (Å²) in [5, 5.41) is 0. The van der Waals surface area contributed by atoms with E-state index in [4.69, 9.17) is 0 Å². The molecule has 10 unspecified atom stereocenters. The molecular formula is C59H70Cl2Zr. The number of allylic oxidation sites excluding steroid dienone is 16. The van der Waals surface area contributed by atoms with Crippen LogP contribution in [0.1, 0.15) is 112 Å². The monoisotopic (exact) mass is 938 g/mol. The van der Waals surface area contributed by atoms with Crippen molar-refractivity contribution < 1.29 is 46.1 Å². The molecule has 324 valence electrons. The number of rotatable bonds is 5. The van der Waals surface area contributed by atoms with Crippen molar-refractivity contribution in [1.29, 1.82) is 0 Å². The summed E-state index contributed by atoms with van der Waals surface area (Å²) in [7, 11) is 0. The Labute approximate surface area is 395 Å². The van der Waals surface area contributed by atoms with E-state index in [0.717, 1.165) is 23.7 Å². The topological polar surface area (TPSA) is 0 Å². The Morgan fingerprint density at radius 1 is 0.597 bits per heavy atom. The van der Waals surface area contributed by atoms with Crippen LogP contribution in [0.4, 0.5) is 0 Å². The normalized spacial score (nSPS) is 46.8. The smallest absolute Gasteiger partial charge is 1.00 e. The summed E-state index contributed by atoms with van der Waals surface area (Å²) in [4.78, 5) is 0. The van der Waals surface area contributed by atoms with Gasteiger partial charge in [-0.3, -0.25) is 0 Å². The molecular weight excluding hydrogens is 871 g/mol. The van der Waals surface area contributed by atoms with Crippen LogP contribution >= 0.6 is 0 Å². The molecule has 6 fully saturated rings. The molecule has 0 aliphatic heterocycles. The van der Waals surface area contributed by atoms with Crippen LogP contribution in [0.5, 0.6) is 0 Å². The Morgan fingerprint density at radius 3 is 1.61 bits per heavy atom. The molecule has 0 saturated heterocycles. The van der Waals surface area contributed by atoms with Crippen LogP contribution in [0.2, 0.25) is 3.63 Å². The molecule has 12 rings (SSSR count). The van der Waals surface area contributed by atoms with Crippen molar-refractivity contribution in [3.8, 4) is 0 Å². The standard InChI is InChI=1S/C29H37.C17H23.C13H10.2ClH.Zr/c1-21-14-13-15-22-20-27(6)25(4)18-10-9-16-23(25,2)24(3)17-11-12-19-26(24,5)29(27,8)28(21,22)7;1-11-3-4-14(5-11)17(2)15-7-12-6-13(9-15)10-16(17)8-12;1-3-7-12(8-4-1)11-13-9-5-2-6-10-13;;;/h9-20,22H,1-8H3;4-5,11-13,15-16H,6-10H2,1-2H3;1-10H;2*1H;/q;;;;;+2/p-2. The summed E-state index contributed by atoms with van der Waals surface area (Å²) in [5.41, 5.74) is 5.78. The van der Waals surface area contributed by atoms with Gasteiger partial charge in [0.2, 0.25) is 0 Å². The zero-order valence-corrected chi connectivity index (χ0v) is 43.1. The first-order chi connectivity index (χ1) is 28.5. The minimum Gasteiger partial charge on any atom is -1.00 e. The zero-order chi connectivity index (χ0) is 41.9. The molecule has 0 aromatic heterocycles. The second-order valence-electron chi connectivity index (χ2n) is 23.1. The van der Waals surface area contributed by atoms with Gasteiger partial charge < -0.3 is 24.8 Å². The van der Waals surface area contributed by atoms with Crippen LogP contribution in [-0.4, -0.2) is 3.21 Å². The van der Waals surface area contributed by atoms with Crippen molar-refractivity contribution >= 4 is 3.21 Å². The predicted molar refractivity (Wildman–Crippen MR) is 250 cm³/mol. The van der Waals surface area contributed by atoms with E-state index in [1.807, 2.05) is 3.28 Å². The molecule has 6 saturated carbocycles. The van der Waals surface area contributed by atoms with Crippen molar-refractivity contribution in [1.82, 2.24) is 0 Å². The molecule has 0 N–H and O–H groups in total. The average molecular weight is 941 g/mol. The summed E-state index contributed by atoms with van der Waals surface area (Å²) < 4.78 is 4.07. The van der Waals surface area contributed by atoms with Gasteiger partial charge >= 0.3 is 373 Å². The van der Waals surface area contributed by atoms with Gasteiger partial charge in [-0.1, -0.05) is 0 Å². The van der Waals surface area contributed by atoms with Crippen LogP contribution in [0.3, 0.4) is 0 Å². The van der Waals surface area contributed by atoms with E-state index in [-0.39, 0.29) is 62.7 Å². The molecule has 62 heavy (non-hydrogen) atoms. The molecule has 3 heteroatoms. The Bertz CT molecular complexity index is 2390. The van der Waals surface area contributed by atoms with Crippen LogP contribution in [0.25, 0.3) is 0 Å². The number of benzene rings is 2. The predicted octanol–water partition coefficient (Wildman–Crippen LogP) is 9.05. The van der Waals surface area contributed by atoms with E-state index in [2.05, 4.69) is 209 Å². The molecule has 0 heterocycles. The number of halogens is 2. The van der Waals surface area contributed by atoms with E-state index in [1.54, 1.807) is 14.4 Å². The van der Waals surface area contributed by atoms with Gasteiger partial charge in [-0.25, -0.2) is 0 Å². The van der Waals surface area contributed by atoms with Crippen LogP contribution in [0, 0.1) is 78.8 Å². The van der Waals surface area contributed by atoms with E-state index < -0.39 is 21.3 Å². The van der Waals surface area contributed by atoms with Gasteiger partial charge in [0.15, 0.2) is 0 Å². The van der Waals surface area contributed by atoms with Crippen molar-refractivity contribution in [2.75, 3.05) is 0 Å². The number of hydrogen-bond donors (Lipinski definition) is 0. The van der Waals surface area contributed by atoms with E-state index in [1.165, 1.54) is 43.2 Å². The first-order valence-electron chi connectivity index (χ1n) is 23.9. The third kappa shape index (κ3) is 4.99. The Hall–Kier alpha value is -2.31. The van der Waals surface area contributed by atoms with Crippen LogP contribution in [-0.2, 0) is 21.3 Å². The maximum absolute atomic E-state index is 3.18. The van der Waals surface area contributed by atoms with Crippen molar-refractivity contribution in [3.05, 3.63) is 165 Å². The molecule has 4 bridgehead atoms. The Balaban J connectivity index is 0.00000245. The van der Waals surface area contributed by atoms with Crippen LogP contribution < -0.4 is 24.8 Å². The van der Waals surface area contributed by atoms with Gasteiger partial charge in [0, 0.05) is 0 Å². The molecule has 2 aromatic rings. The second kappa shape index (κ2) is 14.6. The molecule has 0 spiro atoms. The van der Waals surface area contributed by atoms with Gasteiger partial charge in [-0.15, -0.1) is 0 Å². The fourth-order valence-electron chi connectivity index (χ4n) is 18.4. The van der Waals surface area contributed by atoms with E-state index in [9.17, 15) is 0 Å². The van der Waals surface area contributed by atoms with Crippen molar-refractivity contribution in [3.63, 3.8) is 0 Å². The van der Waals surface area contributed by atoms with Crippen LogP contribution in [0.15, 0.2) is 154 Å². The molecule has 10 aliphatic rings. The van der Waals surface area contributed by atoms with Gasteiger partial charge in [-0.2, -0.15) is 0 Å².